The SMILES string of the molecule is CN(C)c1nnc(Br)s1. The Balaban J connectivity index is 2.85. The van der Waals surface area contributed by atoms with Gasteiger partial charge in [0.05, 0.1) is 0 Å². The zero-order valence-electron chi connectivity index (χ0n) is 5.13. The van der Waals surface area contributed by atoms with Crippen molar-refractivity contribution < 1.29 is 0 Å². The standard InChI is InChI=1S/C4H6BrN3S/c1-8(2)4-7-6-3(5)9-4/h1-2H3. The van der Waals surface area contributed by atoms with Crippen molar-refractivity contribution in [2.24, 2.45) is 0 Å². The summed E-state index contributed by atoms with van der Waals surface area (Å²) in [6.07, 6.45) is 0. The fourth-order valence-corrected chi connectivity index (χ4v) is 1.39. The van der Waals surface area contributed by atoms with Crippen LogP contribution in [0, 0.1) is 0 Å². The van der Waals surface area contributed by atoms with Crippen molar-refractivity contribution in [1.29, 1.82) is 0 Å². The predicted molar refractivity (Wildman–Crippen MR) is 41.9 cm³/mol. The number of hydrogen-bond donors (Lipinski definition) is 0. The number of aromatic nitrogens is 2. The van der Waals surface area contributed by atoms with Gasteiger partial charge in [-0.3, -0.25) is 0 Å². The van der Waals surface area contributed by atoms with Crippen LogP contribution in [0.2, 0.25) is 0 Å². The van der Waals surface area contributed by atoms with Crippen molar-refractivity contribution in [3.05, 3.63) is 3.92 Å². The molecular weight excluding hydrogens is 202 g/mol. The first-order valence-electron chi connectivity index (χ1n) is 2.36. The molecule has 0 aliphatic heterocycles. The Hall–Kier alpha value is -0.160. The van der Waals surface area contributed by atoms with Gasteiger partial charge in [-0.15, -0.1) is 10.2 Å². The van der Waals surface area contributed by atoms with Gasteiger partial charge in [-0.05, 0) is 15.9 Å². The predicted octanol–water partition coefficient (Wildman–Crippen LogP) is 1.37. The maximum atomic E-state index is 3.86. The fourth-order valence-electron chi connectivity index (χ4n) is 0.379. The van der Waals surface area contributed by atoms with E-state index in [-0.39, 0.29) is 0 Å². The van der Waals surface area contributed by atoms with E-state index in [4.69, 9.17) is 0 Å². The summed E-state index contributed by atoms with van der Waals surface area (Å²) < 4.78 is 0.825. The summed E-state index contributed by atoms with van der Waals surface area (Å²) in [6, 6.07) is 0. The van der Waals surface area contributed by atoms with Gasteiger partial charge in [-0.1, -0.05) is 11.3 Å². The third-order valence-corrected chi connectivity index (χ3v) is 2.30. The molecule has 9 heavy (non-hydrogen) atoms. The maximum absolute atomic E-state index is 3.86. The Bertz CT molecular complexity index is 197. The first-order valence-corrected chi connectivity index (χ1v) is 3.97. The lowest BCUT2D eigenvalue weighted by atomic mass is 10.9. The molecule has 1 heterocycles. The molecule has 0 bridgehead atoms. The van der Waals surface area contributed by atoms with Gasteiger partial charge in [0.25, 0.3) is 0 Å². The molecule has 0 N–H and O–H groups in total. The molecule has 1 aromatic heterocycles. The van der Waals surface area contributed by atoms with Crippen molar-refractivity contribution in [3.8, 4) is 0 Å². The van der Waals surface area contributed by atoms with Crippen molar-refractivity contribution in [1.82, 2.24) is 10.2 Å². The summed E-state index contributed by atoms with van der Waals surface area (Å²) >= 11 is 4.73. The average Bonchev–Trinajstić information content (AvgIpc) is 2.14. The van der Waals surface area contributed by atoms with Crippen LogP contribution in [0.5, 0.6) is 0 Å². The lowest BCUT2D eigenvalue weighted by molar-refractivity contribution is 1.01. The Morgan fingerprint density at radius 1 is 1.44 bits per heavy atom. The van der Waals surface area contributed by atoms with Crippen molar-refractivity contribution in [2.45, 2.75) is 0 Å². The van der Waals surface area contributed by atoms with Gasteiger partial charge in [0.1, 0.15) is 0 Å². The maximum Gasteiger partial charge on any atom is 0.208 e. The molecule has 1 rings (SSSR count). The van der Waals surface area contributed by atoms with Crippen LogP contribution in [-0.2, 0) is 0 Å². The second-order valence-electron chi connectivity index (χ2n) is 1.73. The quantitative estimate of drug-likeness (QED) is 0.697. The Kier molecular flexibility index (Phi) is 2.02. The van der Waals surface area contributed by atoms with Crippen molar-refractivity contribution >= 4 is 32.4 Å². The summed E-state index contributed by atoms with van der Waals surface area (Å²) in [5.41, 5.74) is 0. The molecule has 0 aromatic carbocycles. The van der Waals surface area contributed by atoms with Crippen LogP contribution in [0.4, 0.5) is 5.13 Å². The van der Waals surface area contributed by atoms with Gasteiger partial charge >= 0.3 is 0 Å². The zero-order valence-corrected chi connectivity index (χ0v) is 7.53. The molecule has 0 unspecified atom stereocenters. The molecular formula is C4H6BrN3S. The van der Waals surface area contributed by atoms with Crippen LogP contribution in [0.25, 0.3) is 0 Å². The van der Waals surface area contributed by atoms with Crippen LogP contribution >= 0.6 is 27.3 Å². The summed E-state index contributed by atoms with van der Waals surface area (Å²) in [5, 5.41) is 8.56. The van der Waals surface area contributed by atoms with Crippen LogP contribution in [0.3, 0.4) is 0 Å². The van der Waals surface area contributed by atoms with E-state index >= 15 is 0 Å². The normalized spacial score (nSPS) is 9.67. The van der Waals surface area contributed by atoms with E-state index in [1.165, 1.54) is 11.3 Å². The Morgan fingerprint density at radius 2 is 2.11 bits per heavy atom. The molecule has 3 nitrogen and oxygen atoms in total. The van der Waals surface area contributed by atoms with Crippen LogP contribution in [-0.4, -0.2) is 24.3 Å². The molecule has 5 heteroatoms. The van der Waals surface area contributed by atoms with E-state index in [1.807, 2.05) is 19.0 Å². The Morgan fingerprint density at radius 3 is 2.33 bits per heavy atom. The third kappa shape index (κ3) is 1.62. The van der Waals surface area contributed by atoms with Gasteiger partial charge in [0.15, 0.2) is 3.92 Å². The highest BCUT2D eigenvalue weighted by atomic mass is 79.9. The number of hydrogen-bond acceptors (Lipinski definition) is 4. The molecule has 0 radical (unpaired) electrons. The molecule has 0 spiro atoms. The fraction of sp³-hybridized carbons (Fsp3) is 0.500. The van der Waals surface area contributed by atoms with Crippen molar-refractivity contribution in [2.75, 3.05) is 19.0 Å². The molecule has 0 saturated carbocycles. The number of rotatable bonds is 1. The minimum absolute atomic E-state index is 0.825. The lowest BCUT2D eigenvalue weighted by Gasteiger charge is -2.03. The lowest BCUT2D eigenvalue weighted by Crippen LogP contribution is -2.07. The van der Waals surface area contributed by atoms with Gasteiger partial charge < -0.3 is 4.90 Å². The van der Waals surface area contributed by atoms with Gasteiger partial charge in [0, 0.05) is 14.1 Å². The molecule has 0 fully saturated rings. The van der Waals surface area contributed by atoms with Crippen LogP contribution < -0.4 is 4.90 Å². The molecule has 0 aliphatic carbocycles. The summed E-state index contributed by atoms with van der Waals surface area (Å²) in [5.74, 6) is 0. The number of nitrogens with zero attached hydrogens (tertiary/aromatic N) is 3. The number of halogens is 1. The highest BCUT2D eigenvalue weighted by molar-refractivity contribution is 9.11. The number of anilines is 1. The van der Waals surface area contributed by atoms with E-state index in [0.717, 1.165) is 9.05 Å². The molecule has 0 amide bonds. The highest BCUT2D eigenvalue weighted by Gasteiger charge is 2.00. The largest absolute Gasteiger partial charge is 0.353 e. The molecule has 0 aliphatic rings. The monoisotopic (exact) mass is 207 g/mol. The third-order valence-electron chi connectivity index (χ3n) is 0.772. The van der Waals surface area contributed by atoms with E-state index in [9.17, 15) is 0 Å². The van der Waals surface area contributed by atoms with E-state index in [2.05, 4.69) is 26.1 Å². The second-order valence-corrected chi connectivity index (χ2v) is 3.96. The second kappa shape index (κ2) is 2.62. The smallest absolute Gasteiger partial charge is 0.208 e. The summed E-state index contributed by atoms with van der Waals surface area (Å²) in [6.45, 7) is 0. The van der Waals surface area contributed by atoms with Gasteiger partial charge in [0.2, 0.25) is 5.13 Å². The zero-order chi connectivity index (χ0) is 6.85. The minimum atomic E-state index is 0.825. The van der Waals surface area contributed by atoms with Crippen LogP contribution in [0.1, 0.15) is 0 Å². The summed E-state index contributed by atoms with van der Waals surface area (Å²) in [4.78, 5) is 1.92. The van der Waals surface area contributed by atoms with E-state index in [1.54, 1.807) is 0 Å². The Labute approximate surface area is 65.8 Å². The molecule has 50 valence electrons. The molecule has 1 aromatic rings. The first kappa shape index (κ1) is 6.95. The van der Waals surface area contributed by atoms with Gasteiger partial charge in [-0.2, -0.15) is 0 Å². The molecule has 0 atom stereocenters. The van der Waals surface area contributed by atoms with E-state index < -0.39 is 0 Å². The van der Waals surface area contributed by atoms with Gasteiger partial charge in [-0.25, -0.2) is 0 Å². The minimum Gasteiger partial charge on any atom is -0.353 e. The van der Waals surface area contributed by atoms with Crippen LogP contribution in [0.15, 0.2) is 3.92 Å². The highest BCUT2D eigenvalue weighted by Crippen LogP contribution is 2.21. The summed E-state index contributed by atoms with van der Waals surface area (Å²) in [7, 11) is 3.87. The first-order chi connectivity index (χ1) is 4.20. The van der Waals surface area contributed by atoms with Crippen molar-refractivity contribution in [3.63, 3.8) is 0 Å². The average molecular weight is 208 g/mol. The van der Waals surface area contributed by atoms with E-state index in [0.29, 0.717) is 0 Å². The molecule has 0 saturated heterocycles. The topological polar surface area (TPSA) is 29.0 Å².